The largest absolute Gasteiger partial charge is 0.316 e. The van der Waals surface area contributed by atoms with Crippen LogP contribution in [0.25, 0.3) is 0 Å². The molecule has 2 N–H and O–H groups in total. The summed E-state index contributed by atoms with van der Waals surface area (Å²) >= 11 is 0. The summed E-state index contributed by atoms with van der Waals surface area (Å²) in [5.74, 6) is 0.779. The molecule has 118 valence electrons. The van der Waals surface area contributed by atoms with E-state index in [9.17, 15) is 8.42 Å². The lowest BCUT2D eigenvalue weighted by atomic mass is 10.1. The van der Waals surface area contributed by atoms with Crippen LogP contribution in [0, 0.1) is 5.92 Å². The van der Waals surface area contributed by atoms with Crippen molar-refractivity contribution in [1.82, 2.24) is 10.0 Å². The Labute approximate surface area is 128 Å². The molecule has 0 heterocycles. The summed E-state index contributed by atoms with van der Waals surface area (Å²) in [5, 5.41) is 3.07. The van der Waals surface area contributed by atoms with Gasteiger partial charge in [-0.15, -0.1) is 0 Å². The zero-order chi connectivity index (χ0) is 15.1. The molecule has 1 aliphatic rings. The molecule has 21 heavy (non-hydrogen) atoms. The van der Waals surface area contributed by atoms with Crippen molar-refractivity contribution in [1.29, 1.82) is 0 Å². The number of benzene rings is 1. The predicted molar refractivity (Wildman–Crippen MR) is 86.4 cm³/mol. The summed E-state index contributed by atoms with van der Waals surface area (Å²) in [6, 6.07) is 7.73. The van der Waals surface area contributed by atoms with E-state index in [1.54, 1.807) is 0 Å². The van der Waals surface area contributed by atoms with Gasteiger partial charge >= 0.3 is 0 Å². The molecule has 0 unspecified atom stereocenters. The van der Waals surface area contributed by atoms with Gasteiger partial charge in [0.25, 0.3) is 0 Å². The van der Waals surface area contributed by atoms with Gasteiger partial charge < -0.3 is 5.32 Å². The van der Waals surface area contributed by atoms with Gasteiger partial charge in [-0.05, 0) is 30.5 Å². The maximum Gasteiger partial charge on any atom is 0.215 e. The standard InChI is InChI=1S/C16H26N2O2S/c1-17-12-15-7-4-8-16(11-15)13-21(19,20)18-10-9-14-5-2-3-6-14/h4,7-8,11,14,17-18H,2-3,5-6,9-10,12-13H2,1H3. The molecular formula is C16H26N2O2S. The summed E-state index contributed by atoms with van der Waals surface area (Å²) in [5.41, 5.74) is 1.95. The van der Waals surface area contributed by atoms with Gasteiger partial charge in [-0.3, -0.25) is 0 Å². The molecular weight excluding hydrogens is 284 g/mol. The molecule has 5 heteroatoms. The molecule has 1 fully saturated rings. The summed E-state index contributed by atoms with van der Waals surface area (Å²) < 4.78 is 27.0. The SMILES string of the molecule is CNCc1cccc(CS(=O)(=O)NCCC2CCCC2)c1. The second-order valence-corrected chi connectivity index (χ2v) is 7.75. The highest BCUT2D eigenvalue weighted by Gasteiger charge is 2.16. The van der Waals surface area contributed by atoms with Crippen molar-refractivity contribution < 1.29 is 8.42 Å². The first-order chi connectivity index (χ1) is 10.1. The molecule has 0 bridgehead atoms. The predicted octanol–water partition coefficient (Wildman–Crippen LogP) is 2.41. The highest BCUT2D eigenvalue weighted by molar-refractivity contribution is 7.88. The highest BCUT2D eigenvalue weighted by Crippen LogP contribution is 2.27. The minimum Gasteiger partial charge on any atom is -0.316 e. The van der Waals surface area contributed by atoms with Gasteiger partial charge in [0.15, 0.2) is 0 Å². The first kappa shape index (κ1) is 16.5. The number of sulfonamides is 1. The van der Waals surface area contributed by atoms with Gasteiger partial charge in [0.1, 0.15) is 0 Å². The molecule has 1 aromatic carbocycles. The summed E-state index contributed by atoms with van der Waals surface area (Å²) in [6.45, 7) is 1.33. The lowest BCUT2D eigenvalue weighted by Crippen LogP contribution is -2.27. The molecule has 2 rings (SSSR count). The molecule has 1 aromatic rings. The Morgan fingerprint density at radius 2 is 1.90 bits per heavy atom. The Bertz CT molecular complexity index is 537. The van der Waals surface area contributed by atoms with Crippen LogP contribution in [-0.4, -0.2) is 22.0 Å². The van der Waals surface area contributed by atoms with Gasteiger partial charge in [0.2, 0.25) is 10.0 Å². The Morgan fingerprint density at radius 1 is 1.19 bits per heavy atom. The van der Waals surface area contributed by atoms with Gasteiger partial charge in [-0.1, -0.05) is 49.9 Å². The molecule has 0 atom stereocenters. The van der Waals surface area contributed by atoms with Crippen LogP contribution in [0.5, 0.6) is 0 Å². The third-order valence-corrected chi connectivity index (χ3v) is 5.44. The second kappa shape index (κ2) is 7.92. The topological polar surface area (TPSA) is 58.2 Å². The second-order valence-electron chi connectivity index (χ2n) is 5.94. The van der Waals surface area contributed by atoms with E-state index in [-0.39, 0.29) is 5.75 Å². The molecule has 0 radical (unpaired) electrons. The van der Waals surface area contributed by atoms with Crippen LogP contribution in [0.2, 0.25) is 0 Å². The number of rotatable bonds is 8. The number of nitrogens with one attached hydrogen (secondary N) is 2. The van der Waals surface area contributed by atoms with Crippen LogP contribution in [-0.2, 0) is 22.3 Å². The normalized spacial score (nSPS) is 16.4. The molecule has 1 aliphatic carbocycles. The lowest BCUT2D eigenvalue weighted by molar-refractivity contribution is 0.495. The van der Waals surface area contributed by atoms with Gasteiger partial charge in [0.05, 0.1) is 5.75 Å². The van der Waals surface area contributed by atoms with E-state index >= 15 is 0 Å². The first-order valence-corrected chi connectivity index (χ1v) is 9.44. The fourth-order valence-corrected chi connectivity index (χ4v) is 4.17. The third kappa shape index (κ3) is 5.77. The molecule has 0 amide bonds. The summed E-state index contributed by atoms with van der Waals surface area (Å²) in [7, 11) is -1.35. The van der Waals surface area contributed by atoms with E-state index in [1.165, 1.54) is 25.7 Å². The van der Waals surface area contributed by atoms with E-state index < -0.39 is 10.0 Å². The zero-order valence-corrected chi connectivity index (χ0v) is 13.6. The highest BCUT2D eigenvalue weighted by atomic mass is 32.2. The minimum atomic E-state index is -3.23. The van der Waals surface area contributed by atoms with Crippen molar-refractivity contribution in [3.63, 3.8) is 0 Å². The van der Waals surface area contributed by atoms with E-state index in [0.29, 0.717) is 12.5 Å². The van der Waals surface area contributed by atoms with Crippen molar-refractivity contribution in [3.05, 3.63) is 35.4 Å². The van der Waals surface area contributed by atoms with Crippen molar-refractivity contribution in [3.8, 4) is 0 Å². The van der Waals surface area contributed by atoms with Crippen molar-refractivity contribution in [2.45, 2.75) is 44.4 Å². The zero-order valence-electron chi connectivity index (χ0n) is 12.8. The van der Waals surface area contributed by atoms with Crippen LogP contribution < -0.4 is 10.0 Å². The number of hydrogen-bond acceptors (Lipinski definition) is 3. The fourth-order valence-electron chi connectivity index (χ4n) is 3.02. The minimum absolute atomic E-state index is 0.0647. The van der Waals surface area contributed by atoms with Crippen LogP contribution >= 0.6 is 0 Å². The summed E-state index contributed by atoms with van der Waals surface area (Å²) in [4.78, 5) is 0. The average molecular weight is 310 g/mol. The van der Waals surface area contributed by atoms with Crippen molar-refractivity contribution >= 4 is 10.0 Å². The van der Waals surface area contributed by atoms with E-state index in [0.717, 1.165) is 24.1 Å². The maximum atomic E-state index is 12.1. The Hall–Kier alpha value is -0.910. The van der Waals surface area contributed by atoms with E-state index in [1.807, 2.05) is 31.3 Å². The molecule has 1 saturated carbocycles. The Balaban J connectivity index is 1.83. The van der Waals surface area contributed by atoms with Gasteiger partial charge in [-0.25, -0.2) is 13.1 Å². The van der Waals surface area contributed by atoms with Crippen LogP contribution in [0.4, 0.5) is 0 Å². The summed E-state index contributed by atoms with van der Waals surface area (Å²) in [6.07, 6.45) is 6.09. The van der Waals surface area contributed by atoms with Crippen LogP contribution in [0.15, 0.2) is 24.3 Å². The molecule has 0 aliphatic heterocycles. The van der Waals surface area contributed by atoms with Crippen LogP contribution in [0.3, 0.4) is 0 Å². The smallest absolute Gasteiger partial charge is 0.215 e. The van der Waals surface area contributed by atoms with Crippen molar-refractivity contribution in [2.24, 2.45) is 5.92 Å². The molecule has 0 saturated heterocycles. The van der Waals surface area contributed by atoms with E-state index in [2.05, 4.69) is 10.0 Å². The molecule has 0 aromatic heterocycles. The average Bonchev–Trinajstić information content (AvgIpc) is 2.92. The third-order valence-electron chi connectivity index (χ3n) is 4.08. The van der Waals surface area contributed by atoms with Gasteiger partial charge in [0, 0.05) is 13.1 Å². The van der Waals surface area contributed by atoms with Crippen molar-refractivity contribution in [2.75, 3.05) is 13.6 Å². The Kier molecular flexibility index (Phi) is 6.21. The maximum absolute atomic E-state index is 12.1. The number of hydrogen-bond donors (Lipinski definition) is 2. The first-order valence-electron chi connectivity index (χ1n) is 7.79. The van der Waals surface area contributed by atoms with E-state index in [4.69, 9.17) is 0 Å². The fraction of sp³-hybridized carbons (Fsp3) is 0.625. The Morgan fingerprint density at radius 3 is 2.62 bits per heavy atom. The lowest BCUT2D eigenvalue weighted by Gasteiger charge is -2.11. The van der Waals surface area contributed by atoms with Crippen LogP contribution in [0.1, 0.15) is 43.2 Å². The monoisotopic (exact) mass is 310 g/mol. The molecule has 0 spiro atoms. The van der Waals surface area contributed by atoms with Gasteiger partial charge in [-0.2, -0.15) is 0 Å². The quantitative estimate of drug-likeness (QED) is 0.775. The molecule has 4 nitrogen and oxygen atoms in total.